The molecule has 0 unspecified atom stereocenters. The van der Waals surface area contributed by atoms with Gasteiger partial charge in [0.15, 0.2) is 5.17 Å². The van der Waals surface area contributed by atoms with Crippen molar-refractivity contribution in [2.75, 3.05) is 11.9 Å². The zero-order chi connectivity index (χ0) is 24.1. The van der Waals surface area contributed by atoms with Gasteiger partial charge in [0, 0.05) is 23.1 Å². The second kappa shape index (κ2) is 11.4. The quantitative estimate of drug-likeness (QED) is 0.388. The summed E-state index contributed by atoms with van der Waals surface area (Å²) in [6, 6.07) is 13.6. The number of hydrogen-bond acceptors (Lipinski definition) is 4. The molecule has 4 rings (SSSR count). The Morgan fingerprint density at radius 2 is 1.97 bits per heavy atom. The van der Waals surface area contributed by atoms with Crippen molar-refractivity contribution in [3.05, 3.63) is 69.7 Å². The van der Waals surface area contributed by atoms with E-state index in [9.17, 15) is 9.59 Å². The number of amides is 2. The van der Waals surface area contributed by atoms with Gasteiger partial charge in [-0.3, -0.25) is 14.5 Å². The minimum Gasteiger partial charge on any atom is -0.326 e. The standard InChI is InChI=1S/C27H30BrN3O2S/c1-18-8-13-23(19(2)16-18)30-27-31(15-14-20-6-4-3-5-7-20)26(33)24(34-27)17-25(32)29-22-11-9-21(28)10-12-22/h6,8-13,16,24H,3-5,7,14-15,17H2,1-2H3,(H,29,32)/t24-/m1/s1. The van der Waals surface area contributed by atoms with Crippen LogP contribution in [0.4, 0.5) is 11.4 Å². The van der Waals surface area contributed by atoms with Crippen molar-refractivity contribution in [3.8, 4) is 0 Å². The summed E-state index contributed by atoms with van der Waals surface area (Å²) in [6.45, 7) is 4.70. The Labute approximate surface area is 214 Å². The fourth-order valence-corrected chi connectivity index (χ4v) is 5.71. The van der Waals surface area contributed by atoms with Gasteiger partial charge >= 0.3 is 0 Å². The van der Waals surface area contributed by atoms with E-state index in [0.29, 0.717) is 17.4 Å². The number of anilines is 1. The smallest absolute Gasteiger partial charge is 0.242 e. The summed E-state index contributed by atoms with van der Waals surface area (Å²) in [6.07, 6.45) is 7.99. The summed E-state index contributed by atoms with van der Waals surface area (Å²) >= 11 is 4.80. The monoisotopic (exact) mass is 539 g/mol. The normalized spacial score (nSPS) is 19.4. The van der Waals surface area contributed by atoms with Crippen LogP contribution in [0, 0.1) is 13.8 Å². The first kappa shape index (κ1) is 24.7. The summed E-state index contributed by atoms with van der Waals surface area (Å²) in [5, 5.41) is 3.12. The van der Waals surface area contributed by atoms with Crippen LogP contribution in [-0.4, -0.2) is 33.7 Å². The molecule has 0 radical (unpaired) electrons. The molecule has 0 aromatic heterocycles. The molecule has 1 aliphatic heterocycles. The van der Waals surface area contributed by atoms with Crippen LogP contribution in [-0.2, 0) is 9.59 Å². The summed E-state index contributed by atoms with van der Waals surface area (Å²) in [5.41, 5.74) is 5.26. The molecule has 7 heteroatoms. The van der Waals surface area contributed by atoms with Crippen LogP contribution in [0.5, 0.6) is 0 Å². The number of rotatable bonds is 7. The predicted molar refractivity (Wildman–Crippen MR) is 145 cm³/mol. The first-order valence-corrected chi connectivity index (χ1v) is 13.4. The van der Waals surface area contributed by atoms with Gasteiger partial charge in [0.25, 0.3) is 0 Å². The van der Waals surface area contributed by atoms with Crippen molar-refractivity contribution >= 4 is 56.0 Å². The number of halogens is 1. The number of aryl methyl sites for hydroxylation is 2. The molecule has 2 aromatic carbocycles. The van der Waals surface area contributed by atoms with Gasteiger partial charge in [-0.15, -0.1) is 0 Å². The Bertz CT molecular complexity index is 1130. The largest absolute Gasteiger partial charge is 0.326 e. The number of amidine groups is 1. The van der Waals surface area contributed by atoms with E-state index in [1.807, 2.05) is 43.3 Å². The van der Waals surface area contributed by atoms with E-state index < -0.39 is 5.25 Å². The van der Waals surface area contributed by atoms with E-state index >= 15 is 0 Å². The van der Waals surface area contributed by atoms with Crippen molar-refractivity contribution in [2.24, 2.45) is 4.99 Å². The average Bonchev–Trinajstić information content (AvgIpc) is 3.10. The molecule has 1 fully saturated rings. The molecule has 5 nitrogen and oxygen atoms in total. The minimum atomic E-state index is -0.472. The maximum Gasteiger partial charge on any atom is 0.242 e. The van der Waals surface area contributed by atoms with Gasteiger partial charge in [0.2, 0.25) is 11.8 Å². The van der Waals surface area contributed by atoms with Crippen molar-refractivity contribution < 1.29 is 9.59 Å². The maximum absolute atomic E-state index is 13.4. The number of benzene rings is 2. The van der Waals surface area contributed by atoms with Gasteiger partial charge in [0.05, 0.1) is 5.69 Å². The van der Waals surface area contributed by atoms with E-state index in [1.165, 1.54) is 35.7 Å². The van der Waals surface area contributed by atoms with Crippen LogP contribution in [0.2, 0.25) is 0 Å². The maximum atomic E-state index is 13.4. The Hall–Kier alpha value is -2.38. The lowest BCUT2D eigenvalue weighted by Crippen LogP contribution is -2.34. The Kier molecular flexibility index (Phi) is 8.27. The van der Waals surface area contributed by atoms with E-state index in [-0.39, 0.29) is 18.2 Å². The Morgan fingerprint density at radius 3 is 2.68 bits per heavy atom. The molecule has 34 heavy (non-hydrogen) atoms. The third kappa shape index (κ3) is 6.39. The highest BCUT2D eigenvalue weighted by atomic mass is 79.9. The molecule has 178 valence electrons. The van der Waals surface area contributed by atoms with Crippen molar-refractivity contribution in [1.82, 2.24) is 4.90 Å². The molecule has 1 atom stereocenters. The van der Waals surface area contributed by atoms with E-state index in [2.05, 4.69) is 40.3 Å². The van der Waals surface area contributed by atoms with E-state index in [0.717, 1.165) is 35.0 Å². The second-order valence-corrected chi connectivity index (χ2v) is 11.0. The van der Waals surface area contributed by atoms with E-state index in [4.69, 9.17) is 4.99 Å². The van der Waals surface area contributed by atoms with Gasteiger partial charge in [-0.2, -0.15) is 0 Å². The fourth-order valence-electron chi connectivity index (χ4n) is 4.27. The Morgan fingerprint density at radius 1 is 1.18 bits per heavy atom. The van der Waals surface area contributed by atoms with Gasteiger partial charge in [0.1, 0.15) is 5.25 Å². The van der Waals surface area contributed by atoms with Gasteiger partial charge in [-0.1, -0.05) is 57.0 Å². The lowest BCUT2D eigenvalue weighted by Gasteiger charge is -2.19. The van der Waals surface area contributed by atoms with Crippen LogP contribution in [0.1, 0.15) is 49.7 Å². The van der Waals surface area contributed by atoms with Gasteiger partial charge in [-0.05, 0) is 81.8 Å². The van der Waals surface area contributed by atoms with Crippen LogP contribution in [0.3, 0.4) is 0 Å². The number of allylic oxidation sites excluding steroid dienone is 1. The van der Waals surface area contributed by atoms with Crippen LogP contribution in [0.25, 0.3) is 0 Å². The summed E-state index contributed by atoms with van der Waals surface area (Å²) in [5.74, 6) is -0.202. The van der Waals surface area contributed by atoms with Crippen molar-refractivity contribution in [3.63, 3.8) is 0 Å². The van der Waals surface area contributed by atoms with Gasteiger partial charge < -0.3 is 5.32 Å². The summed E-state index contributed by atoms with van der Waals surface area (Å²) in [7, 11) is 0. The first-order chi connectivity index (χ1) is 16.4. The first-order valence-electron chi connectivity index (χ1n) is 11.8. The molecule has 1 N–H and O–H groups in total. The molecule has 1 aliphatic carbocycles. The average molecular weight is 541 g/mol. The highest BCUT2D eigenvalue weighted by Crippen LogP contribution is 2.34. The van der Waals surface area contributed by atoms with Gasteiger partial charge in [-0.25, -0.2) is 4.99 Å². The number of carbonyl (C=O) groups excluding carboxylic acids is 2. The molecule has 2 amide bonds. The SMILES string of the molecule is Cc1ccc(N=C2S[C@H](CC(=O)Nc3ccc(Br)cc3)C(=O)N2CCC2=CCCCC2)c(C)c1. The molecular formula is C27H30BrN3O2S. The third-order valence-electron chi connectivity index (χ3n) is 6.13. The Balaban J connectivity index is 1.50. The molecular weight excluding hydrogens is 510 g/mol. The zero-order valence-electron chi connectivity index (χ0n) is 19.6. The molecule has 2 aromatic rings. The highest BCUT2D eigenvalue weighted by Gasteiger charge is 2.39. The van der Waals surface area contributed by atoms with Crippen LogP contribution in [0.15, 0.2) is 63.6 Å². The number of nitrogens with zero attached hydrogens (tertiary/aromatic N) is 2. The number of hydrogen-bond donors (Lipinski definition) is 1. The van der Waals surface area contributed by atoms with E-state index in [1.54, 1.807) is 4.90 Å². The zero-order valence-corrected chi connectivity index (χ0v) is 22.0. The number of thioether (sulfide) groups is 1. The lowest BCUT2D eigenvalue weighted by atomic mass is 9.97. The molecule has 1 heterocycles. The van der Waals surface area contributed by atoms with Crippen molar-refractivity contribution in [1.29, 1.82) is 0 Å². The number of carbonyl (C=O) groups is 2. The van der Waals surface area contributed by atoms with Crippen LogP contribution >= 0.6 is 27.7 Å². The number of nitrogens with one attached hydrogen (secondary N) is 1. The van der Waals surface area contributed by atoms with Crippen molar-refractivity contribution in [2.45, 2.75) is 57.6 Å². The molecule has 1 saturated heterocycles. The highest BCUT2D eigenvalue weighted by molar-refractivity contribution is 9.10. The summed E-state index contributed by atoms with van der Waals surface area (Å²) in [4.78, 5) is 32.7. The lowest BCUT2D eigenvalue weighted by molar-refractivity contribution is -0.128. The molecule has 0 spiro atoms. The second-order valence-electron chi connectivity index (χ2n) is 8.90. The summed E-state index contributed by atoms with van der Waals surface area (Å²) < 4.78 is 0.947. The fraction of sp³-hybridized carbons (Fsp3) is 0.370. The third-order valence-corrected chi connectivity index (χ3v) is 7.83. The van der Waals surface area contributed by atoms with Crippen LogP contribution < -0.4 is 5.32 Å². The minimum absolute atomic E-state index is 0.0316. The predicted octanol–water partition coefficient (Wildman–Crippen LogP) is 6.92. The molecule has 0 bridgehead atoms. The topological polar surface area (TPSA) is 61.8 Å². The molecule has 2 aliphatic rings. The number of aliphatic imine (C=N–C) groups is 1. The molecule has 0 saturated carbocycles.